The molecule has 4 rings (SSSR count). The third kappa shape index (κ3) is 17.9. The maximum Gasteiger partial charge on any atom is 0.213 e. The molecular formula is C50H82N6O5. The fraction of sp³-hybridized carbons (Fsp3) is 0.700. The average Bonchev–Trinajstić information content (AvgIpc) is 3.31. The predicted octanol–water partition coefficient (Wildman–Crippen LogP) is 9.98. The molecule has 0 saturated heterocycles. The van der Waals surface area contributed by atoms with Gasteiger partial charge < -0.3 is 39.6 Å². The Balaban J connectivity index is 1.47. The molecule has 1 fully saturated rings. The minimum Gasteiger partial charge on any atom is -0.491 e. The van der Waals surface area contributed by atoms with Crippen LogP contribution >= 0.6 is 0 Å². The molecule has 0 amide bonds. The molecule has 342 valence electrons. The van der Waals surface area contributed by atoms with E-state index in [1.54, 1.807) is 12.4 Å². The van der Waals surface area contributed by atoms with Crippen molar-refractivity contribution in [2.45, 2.75) is 170 Å². The standard InChI is InChI=1S/C50H82N6O5/c1-36(20-25-54-46(6,7)8)60-39-21-24-51-42(28-39)50(15)23-22-49(14,35-59-41-17-19-44(53-33-41)61-37(2)31-56-47(9,10)11)29-38(30-50)48(12,13)55-26-27-57-43-18-16-40(32-52-43)58-34-45(3,4)5/h16-19,21,24,28,32-33,36-38,54-56H,20,22-23,25-27,29-31,34-35H2,1-15H3/t36?,37-,38?,49-,50+/m1/s1. The van der Waals surface area contributed by atoms with E-state index in [1.165, 1.54) is 0 Å². The molecule has 0 spiro atoms. The maximum absolute atomic E-state index is 6.57. The first kappa shape index (κ1) is 50.0. The second-order valence-electron chi connectivity index (χ2n) is 22.1. The first-order chi connectivity index (χ1) is 28.3. The highest BCUT2D eigenvalue weighted by molar-refractivity contribution is 5.29. The van der Waals surface area contributed by atoms with E-state index in [0.717, 1.165) is 68.1 Å². The van der Waals surface area contributed by atoms with Crippen LogP contribution in [0.4, 0.5) is 0 Å². The Morgan fingerprint density at radius 2 is 1.33 bits per heavy atom. The fourth-order valence-electron chi connectivity index (χ4n) is 7.61. The molecule has 11 nitrogen and oxygen atoms in total. The number of hydrogen-bond acceptors (Lipinski definition) is 11. The van der Waals surface area contributed by atoms with Gasteiger partial charge in [-0.05, 0) is 137 Å². The third-order valence-corrected chi connectivity index (χ3v) is 11.5. The van der Waals surface area contributed by atoms with Gasteiger partial charge in [0.25, 0.3) is 0 Å². The third-order valence-electron chi connectivity index (χ3n) is 11.5. The largest absolute Gasteiger partial charge is 0.491 e. The van der Waals surface area contributed by atoms with Gasteiger partial charge in [0.15, 0.2) is 0 Å². The molecule has 5 atom stereocenters. The maximum atomic E-state index is 6.57. The van der Waals surface area contributed by atoms with Crippen LogP contribution in [0.15, 0.2) is 55.0 Å². The zero-order valence-electron chi connectivity index (χ0n) is 40.6. The van der Waals surface area contributed by atoms with Gasteiger partial charge in [0.05, 0.1) is 31.7 Å². The Hall–Kier alpha value is -3.67. The lowest BCUT2D eigenvalue weighted by atomic mass is 9.70. The molecule has 1 saturated carbocycles. The predicted molar refractivity (Wildman–Crippen MR) is 248 cm³/mol. The van der Waals surface area contributed by atoms with Crippen molar-refractivity contribution < 1.29 is 23.7 Å². The van der Waals surface area contributed by atoms with Gasteiger partial charge in [0, 0.05) is 70.6 Å². The van der Waals surface area contributed by atoms with Gasteiger partial charge >= 0.3 is 0 Å². The van der Waals surface area contributed by atoms with Crippen LogP contribution in [0, 0.1) is 16.7 Å². The molecule has 1 aliphatic rings. The highest BCUT2D eigenvalue weighted by Crippen LogP contribution is 2.49. The minimum atomic E-state index is -0.226. The molecule has 0 radical (unpaired) electrons. The lowest BCUT2D eigenvalue weighted by molar-refractivity contribution is 0.0982. The van der Waals surface area contributed by atoms with Crippen LogP contribution in [0.1, 0.15) is 142 Å². The van der Waals surface area contributed by atoms with Crippen LogP contribution in [-0.4, -0.2) is 83.2 Å². The highest BCUT2D eigenvalue weighted by atomic mass is 16.5. The monoisotopic (exact) mass is 847 g/mol. The molecular weight excluding hydrogens is 765 g/mol. The van der Waals surface area contributed by atoms with E-state index >= 15 is 0 Å². The van der Waals surface area contributed by atoms with Crippen LogP contribution in [0.25, 0.3) is 0 Å². The number of nitrogens with zero attached hydrogens (tertiary/aromatic N) is 3. The molecule has 11 heteroatoms. The lowest BCUT2D eigenvalue weighted by Gasteiger charge is -2.41. The Bertz CT molecular complexity index is 1750. The van der Waals surface area contributed by atoms with Crippen LogP contribution in [0.2, 0.25) is 0 Å². The summed E-state index contributed by atoms with van der Waals surface area (Å²) in [5.41, 5.74) is 0.734. The summed E-state index contributed by atoms with van der Waals surface area (Å²) in [6.45, 7) is 37.1. The number of ether oxygens (including phenoxy) is 5. The topological polar surface area (TPSA) is 121 Å². The molecule has 1 aliphatic carbocycles. The van der Waals surface area contributed by atoms with Crippen molar-refractivity contribution in [3.63, 3.8) is 0 Å². The molecule has 3 N–H and O–H groups in total. The van der Waals surface area contributed by atoms with Gasteiger partial charge in [-0.15, -0.1) is 0 Å². The Labute approximate surface area is 369 Å². The van der Waals surface area contributed by atoms with Crippen molar-refractivity contribution in [2.75, 3.05) is 39.5 Å². The summed E-state index contributed by atoms with van der Waals surface area (Å²) in [5.74, 6) is 3.83. The summed E-state index contributed by atoms with van der Waals surface area (Å²) in [7, 11) is 0. The van der Waals surface area contributed by atoms with Gasteiger partial charge in [0.2, 0.25) is 11.8 Å². The number of pyridine rings is 3. The minimum absolute atomic E-state index is 0.0133. The van der Waals surface area contributed by atoms with Crippen molar-refractivity contribution >= 4 is 0 Å². The summed E-state index contributed by atoms with van der Waals surface area (Å²) < 4.78 is 31.1. The van der Waals surface area contributed by atoms with Crippen molar-refractivity contribution in [1.82, 2.24) is 30.9 Å². The average molecular weight is 847 g/mol. The van der Waals surface area contributed by atoms with E-state index in [1.807, 2.05) is 36.5 Å². The van der Waals surface area contributed by atoms with Crippen LogP contribution in [0.3, 0.4) is 0 Å². The van der Waals surface area contributed by atoms with Crippen molar-refractivity contribution in [2.24, 2.45) is 16.7 Å². The highest BCUT2D eigenvalue weighted by Gasteiger charge is 2.46. The first-order valence-corrected chi connectivity index (χ1v) is 22.7. The van der Waals surface area contributed by atoms with Crippen molar-refractivity contribution in [3.05, 3.63) is 60.7 Å². The number of hydrogen-bond donors (Lipinski definition) is 3. The number of rotatable bonds is 21. The SMILES string of the molecule is CC(CCNC(C)(C)C)Oc1ccnc([C@@]2(C)CC[C@@](C)(COc3ccc(O[C@H](C)CNC(C)(C)C)nc3)CC(C(C)(C)NCCOc3ccc(OCC(C)(C)C)cn3)C2)c1. The summed E-state index contributed by atoms with van der Waals surface area (Å²) in [6, 6.07) is 11.8. The second-order valence-corrected chi connectivity index (χ2v) is 22.1. The first-order valence-electron chi connectivity index (χ1n) is 22.7. The molecule has 3 aromatic heterocycles. The van der Waals surface area contributed by atoms with E-state index < -0.39 is 0 Å². The molecule has 0 aliphatic heterocycles. The van der Waals surface area contributed by atoms with Crippen LogP contribution < -0.4 is 39.6 Å². The summed E-state index contributed by atoms with van der Waals surface area (Å²) in [5, 5.41) is 11.0. The van der Waals surface area contributed by atoms with E-state index in [4.69, 9.17) is 28.7 Å². The zero-order valence-corrected chi connectivity index (χ0v) is 40.6. The summed E-state index contributed by atoms with van der Waals surface area (Å²) in [6.07, 6.45) is 10.3. The molecule has 3 aromatic rings. The second kappa shape index (κ2) is 21.1. The molecule has 61 heavy (non-hydrogen) atoms. The smallest absolute Gasteiger partial charge is 0.213 e. The molecule has 3 heterocycles. The van der Waals surface area contributed by atoms with Crippen LogP contribution in [0.5, 0.6) is 29.0 Å². The number of nitrogens with one attached hydrogen (secondary N) is 3. The lowest BCUT2D eigenvalue weighted by Crippen LogP contribution is -2.50. The molecule has 0 bridgehead atoms. The Morgan fingerprint density at radius 1 is 0.672 bits per heavy atom. The normalized spacial score (nSPS) is 21.3. The molecule has 2 unspecified atom stereocenters. The quantitative estimate of drug-likeness (QED) is 0.0702. The van der Waals surface area contributed by atoms with Gasteiger partial charge in [0.1, 0.15) is 30.0 Å². The van der Waals surface area contributed by atoms with Gasteiger partial charge in [-0.25, -0.2) is 9.97 Å². The van der Waals surface area contributed by atoms with E-state index in [9.17, 15) is 0 Å². The van der Waals surface area contributed by atoms with Crippen LogP contribution in [-0.2, 0) is 5.41 Å². The fourth-order valence-corrected chi connectivity index (χ4v) is 7.61. The number of aromatic nitrogens is 3. The van der Waals surface area contributed by atoms with E-state index in [0.29, 0.717) is 38.1 Å². The van der Waals surface area contributed by atoms with E-state index in [-0.39, 0.29) is 51.0 Å². The van der Waals surface area contributed by atoms with E-state index in [2.05, 4.69) is 136 Å². The molecule has 0 aromatic carbocycles. The van der Waals surface area contributed by atoms with Crippen molar-refractivity contribution in [1.29, 1.82) is 0 Å². The summed E-state index contributed by atoms with van der Waals surface area (Å²) in [4.78, 5) is 14.1. The van der Waals surface area contributed by atoms with Gasteiger partial charge in [-0.1, -0.05) is 34.6 Å². The van der Waals surface area contributed by atoms with Gasteiger partial charge in [-0.3, -0.25) is 4.98 Å². The Kier molecular flexibility index (Phi) is 17.3. The summed E-state index contributed by atoms with van der Waals surface area (Å²) >= 11 is 0. The Morgan fingerprint density at radius 3 is 1.95 bits per heavy atom. The zero-order chi connectivity index (χ0) is 45.1. The van der Waals surface area contributed by atoms with Crippen molar-refractivity contribution in [3.8, 4) is 29.0 Å². The van der Waals surface area contributed by atoms with Gasteiger partial charge in [-0.2, -0.15) is 0 Å².